The second-order valence-electron chi connectivity index (χ2n) is 4.31. The van der Waals surface area contributed by atoms with Crippen LogP contribution in [0.1, 0.15) is 11.4 Å². The Balaban J connectivity index is 2.11. The second-order valence-corrected chi connectivity index (χ2v) is 6.02. The number of aryl methyl sites for hydroxylation is 1. The van der Waals surface area contributed by atoms with Crippen LogP contribution in [0, 0.1) is 19.7 Å². The lowest BCUT2D eigenvalue weighted by atomic mass is 10.3. The maximum absolute atomic E-state index is 13.6. The molecule has 0 unspecified atom stereocenters. The van der Waals surface area contributed by atoms with Crippen LogP contribution in [-0.2, 0) is 11.3 Å². The molecule has 0 saturated carbocycles. The number of hydrogen-bond donors (Lipinski definition) is 1. The van der Waals surface area contributed by atoms with Gasteiger partial charge in [-0.25, -0.2) is 4.39 Å². The first-order chi connectivity index (χ1) is 9.38. The van der Waals surface area contributed by atoms with E-state index in [1.54, 1.807) is 10.7 Å². The number of carbonyl (C=O) groups is 1. The molecule has 0 radical (unpaired) electrons. The summed E-state index contributed by atoms with van der Waals surface area (Å²) in [6.07, 6.45) is 0. The van der Waals surface area contributed by atoms with Crippen LogP contribution in [0.25, 0.3) is 0 Å². The first-order valence-electron chi connectivity index (χ1n) is 5.83. The van der Waals surface area contributed by atoms with Crippen molar-refractivity contribution in [1.82, 2.24) is 9.78 Å². The van der Waals surface area contributed by atoms with Crippen LogP contribution in [0.15, 0.2) is 27.1 Å². The van der Waals surface area contributed by atoms with Crippen LogP contribution in [0.4, 0.5) is 10.1 Å². The van der Waals surface area contributed by atoms with Crippen molar-refractivity contribution in [2.45, 2.75) is 20.4 Å². The largest absolute Gasteiger partial charge is 0.322 e. The summed E-state index contributed by atoms with van der Waals surface area (Å²) in [4.78, 5) is 11.9. The Morgan fingerprint density at radius 2 is 2.10 bits per heavy atom. The molecule has 4 nitrogen and oxygen atoms in total. The molecule has 1 aromatic heterocycles. The minimum absolute atomic E-state index is 0.0355. The lowest BCUT2D eigenvalue weighted by Gasteiger charge is -2.08. The third-order valence-electron chi connectivity index (χ3n) is 2.79. The van der Waals surface area contributed by atoms with Gasteiger partial charge in [0.2, 0.25) is 5.91 Å². The number of rotatable bonds is 3. The molecular weight excluding hydrogens is 393 g/mol. The molecule has 0 aliphatic heterocycles. The minimum atomic E-state index is -0.484. The predicted molar refractivity (Wildman–Crippen MR) is 82.1 cm³/mol. The number of nitrogens with one attached hydrogen (secondary N) is 1. The van der Waals surface area contributed by atoms with Gasteiger partial charge in [-0.2, -0.15) is 5.10 Å². The van der Waals surface area contributed by atoms with E-state index in [0.29, 0.717) is 4.47 Å². The molecule has 106 valence electrons. The molecule has 1 N–H and O–H groups in total. The fourth-order valence-corrected chi connectivity index (χ4v) is 2.36. The van der Waals surface area contributed by atoms with E-state index in [4.69, 9.17) is 0 Å². The van der Waals surface area contributed by atoms with Crippen LogP contribution in [0.5, 0.6) is 0 Å². The number of amides is 1. The average Bonchev–Trinajstić information content (AvgIpc) is 2.61. The molecule has 2 aromatic rings. The highest BCUT2D eigenvalue weighted by molar-refractivity contribution is 9.10. The van der Waals surface area contributed by atoms with Gasteiger partial charge in [0, 0.05) is 4.47 Å². The van der Waals surface area contributed by atoms with Gasteiger partial charge in [0.15, 0.2) is 0 Å². The van der Waals surface area contributed by atoms with E-state index in [1.807, 2.05) is 13.8 Å². The quantitative estimate of drug-likeness (QED) is 0.845. The molecule has 1 aromatic carbocycles. The van der Waals surface area contributed by atoms with Gasteiger partial charge in [-0.3, -0.25) is 9.48 Å². The Morgan fingerprint density at radius 1 is 1.40 bits per heavy atom. The number of benzene rings is 1. The molecule has 1 heterocycles. The molecule has 0 atom stereocenters. The van der Waals surface area contributed by atoms with Gasteiger partial charge in [0.1, 0.15) is 12.4 Å². The molecular formula is C13H12Br2FN3O. The van der Waals surface area contributed by atoms with Crippen LogP contribution in [0.3, 0.4) is 0 Å². The van der Waals surface area contributed by atoms with E-state index in [9.17, 15) is 9.18 Å². The molecule has 0 aliphatic rings. The molecule has 0 fully saturated rings. The standard InChI is InChI=1S/C13H12Br2FN3O/c1-7-13(15)8(2)19(18-7)6-12(20)17-11-4-3-9(14)5-10(11)16/h3-5H,6H2,1-2H3,(H,17,20). The molecule has 7 heteroatoms. The maximum Gasteiger partial charge on any atom is 0.246 e. The molecule has 0 aliphatic carbocycles. The monoisotopic (exact) mass is 403 g/mol. The van der Waals surface area contributed by atoms with E-state index in [1.165, 1.54) is 12.1 Å². The van der Waals surface area contributed by atoms with Gasteiger partial charge in [-0.05, 0) is 48.0 Å². The topological polar surface area (TPSA) is 46.9 Å². The third kappa shape index (κ3) is 3.27. The van der Waals surface area contributed by atoms with E-state index in [2.05, 4.69) is 42.3 Å². The zero-order valence-corrected chi connectivity index (χ0v) is 14.0. The Morgan fingerprint density at radius 3 is 2.65 bits per heavy atom. The molecule has 1 amide bonds. The van der Waals surface area contributed by atoms with Crippen molar-refractivity contribution in [2.75, 3.05) is 5.32 Å². The molecule has 0 saturated heterocycles. The summed E-state index contributed by atoms with van der Waals surface area (Å²) in [5.41, 5.74) is 1.82. The Kier molecular flexibility index (Phi) is 4.59. The number of anilines is 1. The molecule has 0 spiro atoms. The highest BCUT2D eigenvalue weighted by Gasteiger charge is 2.13. The van der Waals surface area contributed by atoms with Gasteiger partial charge >= 0.3 is 0 Å². The SMILES string of the molecule is Cc1nn(CC(=O)Nc2ccc(Br)cc2F)c(C)c1Br. The van der Waals surface area contributed by atoms with Gasteiger partial charge in [0.05, 0.1) is 21.5 Å². The summed E-state index contributed by atoms with van der Waals surface area (Å²) in [5.74, 6) is -0.813. The second kappa shape index (κ2) is 6.05. The molecule has 2 rings (SSSR count). The van der Waals surface area contributed by atoms with Crippen LogP contribution < -0.4 is 5.32 Å². The zero-order valence-electron chi connectivity index (χ0n) is 10.9. The summed E-state index contributed by atoms with van der Waals surface area (Å²) in [6.45, 7) is 3.74. The summed E-state index contributed by atoms with van der Waals surface area (Å²) >= 11 is 6.56. The van der Waals surface area contributed by atoms with E-state index >= 15 is 0 Å². The predicted octanol–water partition coefficient (Wildman–Crippen LogP) is 3.80. The Bertz CT molecular complexity index is 670. The lowest BCUT2D eigenvalue weighted by molar-refractivity contribution is -0.117. The van der Waals surface area contributed by atoms with E-state index < -0.39 is 5.82 Å². The van der Waals surface area contributed by atoms with E-state index in [-0.39, 0.29) is 18.1 Å². The van der Waals surface area contributed by atoms with E-state index in [0.717, 1.165) is 15.9 Å². The fraction of sp³-hybridized carbons (Fsp3) is 0.231. The number of halogens is 3. The number of nitrogens with zero attached hydrogens (tertiary/aromatic N) is 2. The van der Waals surface area contributed by atoms with Crippen molar-refractivity contribution in [2.24, 2.45) is 0 Å². The Hall–Kier alpha value is -1.21. The highest BCUT2D eigenvalue weighted by atomic mass is 79.9. The lowest BCUT2D eigenvalue weighted by Crippen LogP contribution is -2.20. The van der Waals surface area contributed by atoms with Crippen molar-refractivity contribution in [3.05, 3.63) is 44.3 Å². The molecule has 20 heavy (non-hydrogen) atoms. The number of hydrogen-bond acceptors (Lipinski definition) is 2. The van der Waals surface area contributed by atoms with Crippen molar-refractivity contribution >= 4 is 43.5 Å². The summed E-state index contributed by atoms with van der Waals surface area (Å²) in [6, 6.07) is 4.47. The van der Waals surface area contributed by atoms with Crippen LogP contribution in [0.2, 0.25) is 0 Å². The fourth-order valence-electron chi connectivity index (χ4n) is 1.75. The van der Waals surface area contributed by atoms with Crippen molar-refractivity contribution in [3.63, 3.8) is 0 Å². The van der Waals surface area contributed by atoms with Gasteiger partial charge < -0.3 is 5.32 Å². The normalized spacial score (nSPS) is 10.7. The molecule has 0 bridgehead atoms. The zero-order chi connectivity index (χ0) is 14.9. The van der Waals surface area contributed by atoms with Crippen molar-refractivity contribution in [3.8, 4) is 0 Å². The highest BCUT2D eigenvalue weighted by Crippen LogP contribution is 2.21. The summed E-state index contributed by atoms with van der Waals surface area (Å²) in [5, 5.41) is 6.77. The van der Waals surface area contributed by atoms with Crippen LogP contribution >= 0.6 is 31.9 Å². The number of aromatic nitrogens is 2. The van der Waals surface area contributed by atoms with Gasteiger partial charge in [-0.15, -0.1) is 0 Å². The van der Waals surface area contributed by atoms with Crippen molar-refractivity contribution < 1.29 is 9.18 Å². The third-order valence-corrected chi connectivity index (χ3v) is 4.43. The summed E-state index contributed by atoms with van der Waals surface area (Å²) in [7, 11) is 0. The van der Waals surface area contributed by atoms with Gasteiger partial charge in [-0.1, -0.05) is 15.9 Å². The van der Waals surface area contributed by atoms with Gasteiger partial charge in [0.25, 0.3) is 0 Å². The summed E-state index contributed by atoms with van der Waals surface area (Å²) < 4.78 is 16.7. The van der Waals surface area contributed by atoms with Crippen molar-refractivity contribution in [1.29, 1.82) is 0 Å². The maximum atomic E-state index is 13.6. The first-order valence-corrected chi connectivity index (χ1v) is 7.41. The average molecular weight is 405 g/mol. The first kappa shape index (κ1) is 15.2. The number of carbonyl (C=O) groups excluding carboxylic acids is 1. The Labute approximate surface area is 132 Å². The minimum Gasteiger partial charge on any atom is -0.322 e. The van der Waals surface area contributed by atoms with Crippen LogP contribution in [-0.4, -0.2) is 15.7 Å². The smallest absolute Gasteiger partial charge is 0.246 e.